The summed E-state index contributed by atoms with van der Waals surface area (Å²) in [5.74, 6) is -0.836. The van der Waals surface area contributed by atoms with E-state index in [4.69, 9.17) is 4.74 Å². The van der Waals surface area contributed by atoms with Gasteiger partial charge in [0.1, 0.15) is 0 Å². The van der Waals surface area contributed by atoms with Crippen molar-refractivity contribution in [3.05, 3.63) is 65.7 Å². The molecule has 2 rings (SSSR count). The molecule has 0 fully saturated rings. The Morgan fingerprint density at radius 1 is 0.929 bits per heavy atom. The Hall–Kier alpha value is -3.15. The first-order valence-corrected chi connectivity index (χ1v) is 9.34. The van der Waals surface area contributed by atoms with Crippen LogP contribution >= 0.6 is 0 Å². The van der Waals surface area contributed by atoms with Crippen LogP contribution < -0.4 is 10.6 Å². The van der Waals surface area contributed by atoms with Crippen molar-refractivity contribution < 1.29 is 19.1 Å². The number of benzene rings is 2. The van der Waals surface area contributed by atoms with Crippen LogP contribution in [-0.4, -0.2) is 30.4 Å². The predicted octanol–water partition coefficient (Wildman–Crippen LogP) is 3.33. The highest BCUT2D eigenvalue weighted by Crippen LogP contribution is 2.11. The first-order valence-electron chi connectivity index (χ1n) is 9.34. The van der Waals surface area contributed by atoms with Gasteiger partial charge in [-0.15, -0.1) is 0 Å². The van der Waals surface area contributed by atoms with Crippen molar-refractivity contribution in [3.63, 3.8) is 0 Å². The number of carbonyl (C=O) groups is 3. The zero-order chi connectivity index (χ0) is 20.4. The van der Waals surface area contributed by atoms with Gasteiger partial charge in [0.15, 0.2) is 0 Å². The summed E-state index contributed by atoms with van der Waals surface area (Å²) in [7, 11) is 0. The largest absolute Gasteiger partial charge is 0.465 e. The van der Waals surface area contributed by atoms with Crippen molar-refractivity contribution in [2.24, 2.45) is 0 Å². The Kier molecular flexibility index (Phi) is 8.21. The summed E-state index contributed by atoms with van der Waals surface area (Å²) < 4.78 is 5.16. The predicted molar refractivity (Wildman–Crippen MR) is 108 cm³/mol. The Bertz CT molecular complexity index is 786. The molecule has 0 saturated carbocycles. The first-order chi connectivity index (χ1) is 13.4. The van der Waals surface area contributed by atoms with Crippen LogP contribution in [0, 0.1) is 0 Å². The summed E-state index contributed by atoms with van der Waals surface area (Å²) in [4.78, 5) is 35.6. The van der Waals surface area contributed by atoms with Gasteiger partial charge in [0.2, 0.25) is 5.91 Å². The molecule has 0 aliphatic carbocycles. The molecule has 0 radical (unpaired) electrons. The molecule has 148 valence electrons. The van der Waals surface area contributed by atoms with Crippen LogP contribution in [0.15, 0.2) is 54.6 Å². The SMILES string of the molecule is CC(C)NC(=O)c1ccc(NC(=O)CCC(=O)OCCc2ccccc2)cc1. The maximum Gasteiger partial charge on any atom is 0.306 e. The molecule has 6 heteroatoms. The quantitative estimate of drug-likeness (QED) is 0.652. The maximum absolute atomic E-state index is 12.0. The van der Waals surface area contributed by atoms with Gasteiger partial charge in [-0.2, -0.15) is 0 Å². The van der Waals surface area contributed by atoms with Crippen LogP contribution in [0.25, 0.3) is 0 Å². The van der Waals surface area contributed by atoms with E-state index in [0.29, 0.717) is 24.3 Å². The minimum atomic E-state index is -0.396. The molecule has 0 saturated heterocycles. The van der Waals surface area contributed by atoms with Gasteiger partial charge in [-0.05, 0) is 43.7 Å². The molecule has 2 aromatic rings. The second-order valence-corrected chi connectivity index (χ2v) is 6.71. The fourth-order valence-electron chi connectivity index (χ4n) is 2.49. The maximum atomic E-state index is 12.0. The molecule has 28 heavy (non-hydrogen) atoms. The van der Waals surface area contributed by atoms with E-state index in [0.717, 1.165) is 5.56 Å². The lowest BCUT2D eigenvalue weighted by Crippen LogP contribution is -2.30. The molecule has 0 bridgehead atoms. The van der Waals surface area contributed by atoms with Crippen LogP contribution in [0.5, 0.6) is 0 Å². The third kappa shape index (κ3) is 7.61. The van der Waals surface area contributed by atoms with Crippen LogP contribution in [0.4, 0.5) is 5.69 Å². The monoisotopic (exact) mass is 382 g/mol. The Balaban J connectivity index is 1.68. The van der Waals surface area contributed by atoms with E-state index in [-0.39, 0.29) is 30.7 Å². The molecular formula is C22H26N2O4. The number of rotatable bonds is 9. The number of anilines is 1. The number of hydrogen-bond acceptors (Lipinski definition) is 4. The zero-order valence-corrected chi connectivity index (χ0v) is 16.2. The Morgan fingerprint density at radius 2 is 1.61 bits per heavy atom. The molecule has 6 nitrogen and oxygen atoms in total. The van der Waals surface area contributed by atoms with E-state index in [9.17, 15) is 14.4 Å². The van der Waals surface area contributed by atoms with Crippen LogP contribution in [0.1, 0.15) is 42.6 Å². The summed E-state index contributed by atoms with van der Waals surface area (Å²) >= 11 is 0. The molecule has 0 aliphatic rings. The van der Waals surface area contributed by atoms with Crippen molar-refractivity contribution in [1.29, 1.82) is 0 Å². The van der Waals surface area contributed by atoms with E-state index in [1.165, 1.54) is 0 Å². The van der Waals surface area contributed by atoms with Gasteiger partial charge in [0.25, 0.3) is 5.91 Å². The highest BCUT2D eigenvalue weighted by molar-refractivity contribution is 5.96. The van der Waals surface area contributed by atoms with Crippen molar-refractivity contribution in [2.45, 2.75) is 39.2 Å². The van der Waals surface area contributed by atoms with Gasteiger partial charge in [-0.3, -0.25) is 14.4 Å². The lowest BCUT2D eigenvalue weighted by Gasteiger charge is -2.09. The Morgan fingerprint density at radius 3 is 2.25 bits per heavy atom. The second kappa shape index (κ2) is 10.9. The molecule has 0 atom stereocenters. The standard InChI is InChI=1S/C22H26N2O4/c1-16(2)23-22(27)18-8-10-19(11-9-18)24-20(25)12-13-21(26)28-15-14-17-6-4-3-5-7-17/h3-11,16H,12-15H2,1-2H3,(H,23,27)(H,24,25). The van der Waals surface area contributed by atoms with E-state index in [2.05, 4.69) is 10.6 Å². The molecule has 0 spiro atoms. The fourth-order valence-corrected chi connectivity index (χ4v) is 2.49. The molecule has 0 aromatic heterocycles. The molecular weight excluding hydrogens is 356 g/mol. The third-order valence-corrected chi connectivity index (χ3v) is 3.90. The summed E-state index contributed by atoms with van der Waals surface area (Å²) in [6, 6.07) is 16.4. The minimum Gasteiger partial charge on any atom is -0.465 e. The van der Waals surface area contributed by atoms with Crippen molar-refractivity contribution in [3.8, 4) is 0 Å². The molecule has 2 aromatic carbocycles. The number of nitrogens with one attached hydrogen (secondary N) is 2. The van der Waals surface area contributed by atoms with E-state index >= 15 is 0 Å². The third-order valence-electron chi connectivity index (χ3n) is 3.90. The Labute approximate surface area is 165 Å². The van der Waals surface area contributed by atoms with Crippen LogP contribution in [0.3, 0.4) is 0 Å². The number of amides is 2. The number of hydrogen-bond donors (Lipinski definition) is 2. The van der Waals surface area contributed by atoms with Crippen LogP contribution in [0.2, 0.25) is 0 Å². The molecule has 0 aliphatic heterocycles. The van der Waals surface area contributed by atoms with Crippen molar-refractivity contribution in [2.75, 3.05) is 11.9 Å². The summed E-state index contributed by atoms with van der Waals surface area (Å²) in [6.45, 7) is 4.07. The second-order valence-electron chi connectivity index (χ2n) is 6.71. The van der Waals surface area contributed by atoms with E-state index in [1.54, 1.807) is 24.3 Å². The number of esters is 1. The normalized spacial score (nSPS) is 10.4. The number of ether oxygens (including phenoxy) is 1. The minimum absolute atomic E-state index is 0.0233. The first kappa shape index (κ1) is 21.2. The van der Waals surface area contributed by atoms with Gasteiger partial charge >= 0.3 is 5.97 Å². The van der Waals surface area contributed by atoms with E-state index < -0.39 is 5.97 Å². The van der Waals surface area contributed by atoms with Crippen LogP contribution in [-0.2, 0) is 20.7 Å². The number of carbonyl (C=O) groups excluding carboxylic acids is 3. The summed E-state index contributed by atoms with van der Waals surface area (Å²) in [6.07, 6.45) is 0.713. The topological polar surface area (TPSA) is 84.5 Å². The lowest BCUT2D eigenvalue weighted by molar-refractivity contribution is -0.144. The lowest BCUT2D eigenvalue weighted by atomic mass is 10.1. The molecule has 0 unspecified atom stereocenters. The smallest absolute Gasteiger partial charge is 0.306 e. The van der Waals surface area contributed by atoms with Gasteiger partial charge in [0.05, 0.1) is 13.0 Å². The van der Waals surface area contributed by atoms with Gasteiger partial charge in [-0.1, -0.05) is 30.3 Å². The van der Waals surface area contributed by atoms with Gasteiger partial charge in [0, 0.05) is 30.1 Å². The fraction of sp³-hybridized carbons (Fsp3) is 0.318. The highest BCUT2D eigenvalue weighted by atomic mass is 16.5. The summed E-state index contributed by atoms with van der Waals surface area (Å²) in [5, 5.41) is 5.51. The molecule has 2 amide bonds. The molecule has 0 heterocycles. The zero-order valence-electron chi connectivity index (χ0n) is 16.2. The average molecular weight is 382 g/mol. The average Bonchev–Trinajstić information content (AvgIpc) is 2.67. The van der Waals surface area contributed by atoms with Crippen molar-refractivity contribution in [1.82, 2.24) is 5.32 Å². The highest BCUT2D eigenvalue weighted by Gasteiger charge is 2.10. The molecule has 2 N–H and O–H groups in total. The summed E-state index contributed by atoms with van der Waals surface area (Å²) in [5.41, 5.74) is 2.19. The van der Waals surface area contributed by atoms with Gasteiger partial charge < -0.3 is 15.4 Å². The van der Waals surface area contributed by atoms with E-state index in [1.807, 2.05) is 44.2 Å². The van der Waals surface area contributed by atoms with Gasteiger partial charge in [-0.25, -0.2) is 0 Å². The van der Waals surface area contributed by atoms with Crippen molar-refractivity contribution >= 4 is 23.5 Å².